The fraction of sp³-hybridized carbons (Fsp3) is 0.200. The van der Waals surface area contributed by atoms with Crippen LogP contribution in [0.4, 0.5) is 4.39 Å². The zero-order chi connectivity index (χ0) is 11.0. The Labute approximate surface area is 85.2 Å². The van der Waals surface area contributed by atoms with Crippen LogP contribution >= 0.6 is 0 Å². The second kappa shape index (κ2) is 3.43. The molecule has 1 unspecified atom stereocenters. The van der Waals surface area contributed by atoms with Crippen LogP contribution in [0.1, 0.15) is 13.1 Å². The maximum atomic E-state index is 12.9. The van der Waals surface area contributed by atoms with E-state index in [0.717, 1.165) is 0 Å². The van der Waals surface area contributed by atoms with Crippen LogP contribution in [0.5, 0.6) is 0 Å². The van der Waals surface area contributed by atoms with Gasteiger partial charge in [-0.1, -0.05) is 0 Å². The van der Waals surface area contributed by atoms with Crippen molar-refractivity contribution in [2.75, 3.05) is 0 Å². The summed E-state index contributed by atoms with van der Waals surface area (Å²) in [6, 6.07) is 3.91. The summed E-state index contributed by atoms with van der Waals surface area (Å²) in [6.45, 7) is 1.66. The third-order valence-electron chi connectivity index (χ3n) is 2.18. The molecule has 15 heavy (non-hydrogen) atoms. The number of fused-ring (bicyclic) bond motifs is 1. The van der Waals surface area contributed by atoms with Crippen LogP contribution in [0.25, 0.3) is 10.9 Å². The molecular weight excluding hydrogens is 197 g/mol. The summed E-state index contributed by atoms with van der Waals surface area (Å²) >= 11 is 0. The Morgan fingerprint density at radius 2 is 2.27 bits per heavy atom. The molecule has 0 aliphatic heterocycles. The molecule has 0 spiro atoms. The summed E-state index contributed by atoms with van der Waals surface area (Å²) in [5.74, 6) is -0.455. The molecule has 5 heteroatoms. The van der Waals surface area contributed by atoms with Crippen LogP contribution in [0, 0.1) is 5.82 Å². The minimum absolute atomic E-state index is 0.245. The van der Waals surface area contributed by atoms with Gasteiger partial charge in [0, 0.05) is 0 Å². The molecule has 4 nitrogen and oxygen atoms in total. The Morgan fingerprint density at radius 3 is 2.93 bits per heavy atom. The third kappa shape index (κ3) is 1.61. The van der Waals surface area contributed by atoms with E-state index in [0.29, 0.717) is 5.52 Å². The van der Waals surface area contributed by atoms with Crippen LogP contribution in [-0.4, -0.2) is 9.55 Å². The van der Waals surface area contributed by atoms with E-state index in [9.17, 15) is 9.18 Å². The fourth-order valence-electron chi connectivity index (χ4n) is 1.40. The molecule has 0 bridgehead atoms. The number of hydrogen-bond donors (Lipinski definition) is 1. The topological polar surface area (TPSA) is 60.9 Å². The van der Waals surface area contributed by atoms with Crippen LogP contribution in [0.3, 0.4) is 0 Å². The van der Waals surface area contributed by atoms with Gasteiger partial charge in [0.2, 0.25) is 0 Å². The number of hydrogen-bond acceptors (Lipinski definition) is 3. The molecule has 1 aromatic carbocycles. The Kier molecular flexibility index (Phi) is 2.24. The van der Waals surface area contributed by atoms with E-state index >= 15 is 0 Å². The normalized spacial score (nSPS) is 13.0. The first-order valence-electron chi connectivity index (χ1n) is 4.51. The smallest absolute Gasteiger partial charge is 0.262 e. The van der Waals surface area contributed by atoms with Crippen molar-refractivity contribution in [3.8, 4) is 0 Å². The predicted molar refractivity (Wildman–Crippen MR) is 54.9 cm³/mol. The van der Waals surface area contributed by atoms with Gasteiger partial charge >= 0.3 is 0 Å². The van der Waals surface area contributed by atoms with E-state index in [1.807, 2.05) is 0 Å². The van der Waals surface area contributed by atoms with Crippen LogP contribution in [0.2, 0.25) is 0 Å². The summed E-state index contributed by atoms with van der Waals surface area (Å²) in [5.41, 5.74) is 5.72. The maximum absolute atomic E-state index is 12.9. The van der Waals surface area contributed by atoms with E-state index in [4.69, 9.17) is 5.73 Å². The quantitative estimate of drug-likeness (QED) is 0.759. The summed E-state index contributed by atoms with van der Waals surface area (Å²) in [5, 5.41) is 0.245. The SMILES string of the molecule is CC(N)n1cnc2ccc(F)cc2c1=O. The average molecular weight is 207 g/mol. The van der Waals surface area contributed by atoms with E-state index in [-0.39, 0.29) is 10.9 Å². The zero-order valence-electron chi connectivity index (χ0n) is 8.14. The lowest BCUT2D eigenvalue weighted by atomic mass is 10.2. The largest absolute Gasteiger partial charge is 0.311 e. The molecule has 0 aliphatic carbocycles. The van der Waals surface area contributed by atoms with E-state index in [1.54, 1.807) is 6.92 Å². The van der Waals surface area contributed by atoms with Crippen molar-refractivity contribution in [3.63, 3.8) is 0 Å². The highest BCUT2D eigenvalue weighted by atomic mass is 19.1. The molecule has 2 rings (SSSR count). The lowest BCUT2D eigenvalue weighted by molar-refractivity contribution is 0.547. The zero-order valence-corrected chi connectivity index (χ0v) is 8.14. The molecule has 78 valence electrons. The maximum Gasteiger partial charge on any atom is 0.262 e. The average Bonchev–Trinajstić information content (AvgIpc) is 2.19. The van der Waals surface area contributed by atoms with Crippen molar-refractivity contribution in [1.29, 1.82) is 0 Å². The van der Waals surface area contributed by atoms with Crippen molar-refractivity contribution < 1.29 is 4.39 Å². The standard InChI is InChI=1S/C10H10FN3O/c1-6(12)14-5-13-9-3-2-7(11)4-8(9)10(14)15/h2-6H,12H2,1H3. The molecule has 0 amide bonds. The van der Waals surface area contributed by atoms with E-state index < -0.39 is 12.0 Å². The molecule has 1 heterocycles. The van der Waals surface area contributed by atoms with Gasteiger partial charge in [-0.25, -0.2) is 9.37 Å². The predicted octanol–water partition coefficient (Wildman–Crippen LogP) is 1.01. The van der Waals surface area contributed by atoms with Crippen molar-refractivity contribution in [2.45, 2.75) is 13.1 Å². The number of nitrogens with zero attached hydrogens (tertiary/aromatic N) is 2. The number of halogens is 1. The Morgan fingerprint density at radius 1 is 1.53 bits per heavy atom. The molecule has 0 aliphatic rings. The van der Waals surface area contributed by atoms with Gasteiger partial charge in [-0.2, -0.15) is 0 Å². The number of benzene rings is 1. The third-order valence-corrected chi connectivity index (χ3v) is 2.18. The number of rotatable bonds is 1. The van der Waals surface area contributed by atoms with Crippen molar-refractivity contribution in [3.05, 3.63) is 40.7 Å². The second-order valence-corrected chi connectivity index (χ2v) is 3.36. The first-order chi connectivity index (χ1) is 7.09. The fourth-order valence-corrected chi connectivity index (χ4v) is 1.40. The number of nitrogens with two attached hydrogens (primary N) is 1. The molecule has 0 fully saturated rings. The van der Waals surface area contributed by atoms with E-state index in [1.165, 1.54) is 29.1 Å². The monoisotopic (exact) mass is 207 g/mol. The van der Waals surface area contributed by atoms with Crippen molar-refractivity contribution in [2.24, 2.45) is 5.73 Å². The van der Waals surface area contributed by atoms with Gasteiger partial charge in [0.1, 0.15) is 5.82 Å². The molecule has 1 aromatic heterocycles. The van der Waals surface area contributed by atoms with Crippen molar-refractivity contribution in [1.82, 2.24) is 9.55 Å². The van der Waals surface area contributed by atoms with Gasteiger partial charge in [0.05, 0.1) is 23.4 Å². The Bertz CT molecular complexity index is 562. The van der Waals surface area contributed by atoms with Gasteiger partial charge in [-0.3, -0.25) is 9.36 Å². The highest BCUT2D eigenvalue weighted by Gasteiger charge is 2.07. The Balaban J connectivity index is 2.83. The molecular formula is C10H10FN3O. The number of aromatic nitrogens is 2. The molecule has 0 saturated heterocycles. The minimum Gasteiger partial charge on any atom is -0.311 e. The lowest BCUT2D eigenvalue weighted by Gasteiger charge is -2.09. The lowest BCUT2D eigenvalue weighted by Crippen LogP contribution is -2.28. The van der Waals surface area contributed by atoms with Gasteiger partial charge in [0.15, 0.2) is 0 Å². The van der Waals surface area contributed by atoms with Crippen LogP contribution < -0.4 is 11.3 Å². The summed E-state index contributed by atoms with van der Waals surface area (Å²) in [7, 11) is 0. The summed E-state index contributed by atoms with van der Waals surface area (Å²) < 4.78 is 14.2. The first-order valence-corrected chi connectivity index (χ1v) is 4.51. The molecule has 0 radical (unpaired) electrons. The molecule has 1 atom stereocenters. The second-order valence-electron chi connectivity index (χ2n) is 3.36. The van der Waals surface area contributed by atoms with Gasteiger partial charge in [0.25, 0.3) is 5.56 Å². The first kappa shape index (κ1) is 9.79. The van der Waals surface area contributed by atoms with Crippen LogP contribution in [0.15, 0.2) is 29.3 Å². The van der Waals surface area contributed by atoms with Crippen molar-refractivity contribution >= 4 is 10.9 Å². The minimum atomic E-state index is -0.474. The molecule has 0 saturated carbocycles. The highest BCUT2D eigenvalue weighted by Crippen LogP contribution is 2.09. The molecule has 2 aromatic rings. The van der Waals surface area contributed by atoms with Gasteiger partial charge < -0.3 is 5.73 Å². The highest BCUT2D eigenvalue weighted by molar-refractivity contribution is 5.77. The summed E-state index contributed by atoms with van der Waals surface area (Å²) in [6.07, 6.45) is 0.894. The molecule has 2 N–H and O–H groups in total. The van der Waals surface area contributed by atoms with Crippen LogP contribution in [-0.2, 0) is 0 Å². The van der Waals surface area contributed by atoms with Gasteiger partial charge in [-0.15, -0.1) is 0 Å². The van der Waals surface area contributed by atoms with Gasteiger partial charge in [-0.05, 0) is 25.1 Å². The summed E-state index contributed by atoms with van der Waals surface area (Å²) in [4.78, 5) is 15.8. The van der Waals surface area contributed by atoms with E-state index in [2.05, 4.69) is 4.98 Å². The Hall–Kier alpha value is -1.75.